The van der Waals surface area contributed by atoms with Crippen molar-refractivity contribution in [3.05, 3.63) is 23.4 Å². The van der Waals surface area contributed by atoms with E-state index in [4.69, 9.17) is 11.6 Å². The predicted octanol–water partition coefficient (Wildman–Crippen LogP) is 2.12. The lowest BCUT2D eigenvalue weighted by Crippen LogP contribution is -1.95. The molecule has 14 heavy (non-hydrogen) atoms. The molecule has 0 atom stereocenters. The molecule has 0 aliphatic carbocycles. The summed E-state index contributed by atoms with van der Waals surface area (Å²) in [6, 6.07) is 0. The van der Waals surface area contributed by atoms with Crippen LogP contribution in [0, 0.1) is 0 Å². The van der Waals surface area contributed by atoms with Crippen molar-refractivity contribution in [1.29, 1.82) is 0 Å². The highest BCUT2D eigenvalue weighted by atomic mass is 35.5. The SMILES string of the molecule is CCCCc1nnc2c(Cl)nccn12. The smallest absolute Gasteiger partial charge is 0.198 e. The first-order valence-corrected chi connectivity index (χ1v) is 5.05. The number of fused-ring (bicyclic) bond motifs is 1. The molecule has 0 spiro atoms. The van der Waals surface area contributed by atoms with Crippen LogP contribution in [-0.4, -0.2) is 19.6 Å². The summed E-state index contributed by atoms with van der Waals surface area (Å²) in [5.41, 5.74) is 0.639. The second kappa shape index (κ2) is 3.92. The standard InChI is InChI=1S/C9H11ClN4/c1-2-3-4-7-12-13-9-8(10)11-5-6-14(7)9/h5-6H,2-4H2,1H3. The van der Waals surface area contributed by atoms with E-state index in [1.807, 2.05) is 10.6 Å². The summed E-state index contributed by atoms with van der Waals surface area (Å²) >= 11 is 5.87. The van der Waals surface area contributed by atoms with Crippen LogP contribution in [0.4, 0.5) is 0 Å². The highest BCUT2D eigenvalue weighted by Crippen LogP contribution is 2.13. The topological polar surface area (TPSA) is 43.1 Å². The van der Waals surface area contributed by atoms with E-state index in [1.165, 1.54) is 0 Å². The first-order chi connectivity index (χ1) is 6.83. The minimum absolute atomic E-state index is 0.405. The third-order valence-corrected chi connectivity index (χ3v) is 2.38. The molecular formula is C9H11ClN4. The molecule has 0 radical (unpaired) electrons. The molecule has 0 N–H and O–H groups in total. The van der Waals surface area contributed by atoms with Crippen molar-refractivity contribution in [2.75, 3.05) is 0 Å². The second-order valence-electron chi connectivity index (χ2n) is 3.13. The van der Waals surface area contributed by atoms with Gasteiger partial charge in [-0.2, -0.15) is 0 Å². The van der Waals surface area contributed by atoms with E-state index in [-0.39, 0.29) is 0 Å². The number of nitrogens with zero attached hydrogens (tertiary/aromatic N) is 4. The van der Waals surface area contributed by atoms with Gasteiger partial charge < -0.3 is 0 Å². The molecule has 2 rings (SSSR count). The second-order valence-corrected chi connectivity index (χ2v) is 3.49. The number of halogens is 1. The van der Waals surface area contributed by atoms with Gasteiger partial charge in [0.2, 0.25) is 0 Å². The Morgan fingerprint density at radius 1 is 1.43 bits per heavy atom. The van der Waals surface area contributed by atoms with Gasteiger partial charge in [-0.05, 0) is 6.42 Å². The van der Waals surface area contributed by atoms with Crippen LogP contribution in [0.25, 0.3) is 5.65 Å². The Hall–Kier alpha value is -1.16. The molecule has 0 unspecified atom stereocenters. The number of rotatable bonds is 3. The van der Waals surface area contributed by atoms with Crippen LogP contribution in [0.5, 0.6) is 0 Å². The first kappa shape index (κ1) is 9.40. The van der Waals surface area contributed by atoms with Crippen molar-refractivity contribution in [2.24, 2.45) is 0 Å². The lowest BCUT2D eigenvalue weighted by molar-refractivity contribution is 0.743. The Morgan fingerprint density at radius 2 is 2.29 bits per heavy atom. The molecule has 2 heterocycles. The molecule has 74 valence electrons. The molecule has 0 saturated heterocycles. The Labute approximate surface area is 86.9 Å². The normalized spacial score (nSPS) is 11.0. The van der Waals surface area contributed by atoms with Crippen molar-refractivity contribution in [3.63, 3.8) is 0 Å². The summed E-state index contributed by atoms with van der Waals surface area (Å²) in [4.78, 5) is 3.94. The van der Waals surface area contributed by atoms with Crippen LogP contribution in [0.1, 0.15) is 25.6 Å². The van der Waals surface area contributed by atoms with Gasteiger partial charge in [-0.3, -0.25) is 4.40 Å². The fraction of sp³-hybridized carbons (Fsp3) is 0.444. The van der Waals surface area contributed by atoms with Gasteiger partial charge in [0.05, 0.1) is 0 Å². The third-order valence-electron chi connectivity index (χ3n) is 2.11. The van der Waals surface area contributed by atoms with Crippen molar-refractivity contribution in [1.82, 2.24) is 19.6 Å². The lowest BCUT2D eigenvalue weighted by Gasteiger charge is -1.97. The summed E-state index contributed by atoms with van der Waals surface area (Å²) < 4.78 is 1.89. The van der Waals surface area contributed by atoms with E-state index in [9.17, 15) is 0 Å². The molecule has 5 heteroatoms. The predicted molar refractivity (Wildman–Crippen MR) is 54.4 cm³/mol. The van der Waals surface area contributed by atoms with Crippen LogP contribution in [0.2, 0.25) is 5.15 Å². The molecular weight excluding hydrogens is 200 g/mol. The van der Waals surface area contributed by atoms with Gasteiger partial charge in [0.1, 0.15) is 5.82 Å². The Balaban J connectivity index is 2.42. The Kier molecular flexibility index (Phi) is 2.63. The van der Waals surface area contributed by atoms with Gasteiger partial charge in [-0.1, -0.05) is 24.9 Å². The molecule has 0 aliphatic heterocycles. The van der Waals surface area contributed by atoms with Gasteiger partial charge in [-0.15, -0.1) is 10.2 Å². The van der Waals surface area contributed by atoms with Crippen LogP contribution in [0.15, 0.2) is 12.4 Å². The number of unbranched alkanes of at least 4 members (excludes halogenated alkanes) is 1. The molecule has 0 fully saturated rings. The fourth-order valence-electron chi connectivity index (χ4n) is 1.35. The average molecular weight is 211 g/mol. The molecule has 0 saturated carbocycles. The maximum absolute atomic E-state index is 5.87. The minimum Gasteiger partial charge on any atom is -0.282 e. The van der Waals surface area contributed by atoms with E-state index >= 15 is 0 Å². The van der Waals surface area contributed by atoms with Crippen molar-refractivity contribution in [2.45, 2.75) is 26.2 Å². The van der Waals surface area contributed by atoms with Crippen molar-refractivity contribution >= 4 is 17.2 Å². The summed E-state index contributed by atoms with van der Waals surface area (Å²) in [5, 5.41) is 8.48. The van der Waals surface area contributed by atoms with E-state index in [0.29, 0.717) is 10.8 Å². The molecule has 2 aromatic rings. The van der Waals surface area contributed by atoms with E-state index in [2.05, 4.69) is 22.1 Å². The first-order valence-electron chi connectivity index (χ1n) is 4.67. The van der Waals surface area contributed by atoms with Crippen LogP contribution in [0.3, 0.4) is 0 Å². The quantitative estimate of drug-likeness (QED) is 0.780. The minimum atomic E-state index is 0.405. The maximum atomic E-state index is 5.87. The van der Waals surface area contributed by atoms with E-state index < -0.39 is 0 Å². The Bertz CT molecular complexity index is 437. The van der Waals surface area contributed by atoms with Gasteiger partial charge in [0, 0.05) is 18.8 Å². The zero-order chi connectivity index (χ0) is 9.97. The molecule has 2 aromatic heterocycles. The number of hydrogen-bond acceptors (Lipinski definition) is 3. The highest BCUT2D eigenvalue weighted by molar-refractivity contribution is 6.32. The molecule has 0 amide bonds. The van der Waals surface area contributed by atoms with Crippen LogP contribution >= 0.6 is 11.6 Å². The summed E-state index contributed by atoms with van der Waals surface area (Å²) in [6.07, 6.45) is 6.69. The van der Waals surface area contributed by atoms with Gasteiger partial charge in [0.25, 0.3) is 0 Å². The van der Waals surface area contributed by atoms with Crippen molar-refractivity contribution in [3.8, 4) is 0 Å². The van der Waals surface area contributed by atoms with Gasteiger partial charge in [0.15, 0.2) is 10.8 Å². The zero-order valence-corrected chi connectivity index (χ0v) is 8.70. The lowest BCUT2D eigenvalue weighted by atomic mass is 10.2. The third kappa shape index (κ3) is 1.57. The summed E-state index contributed by atoms with van der Waals surface area (Å²) in [6.45, 7) is 2.15. The number of aryl methyl sites for hydroxylation is 1. The van der Waals surface area contributed by atoms with Crippen LogP contribution < -0.4 is 0 Å². The van der Waals surface area contributed by atoms with E-state index in [1.54, 1.807) is 6.20 Å². The molecule has 0 bridgehead atoms. The van der Waals surface area contributed by atoms with Crippen LogP contribution in [-0.2, 0) is 6.42 Å². The number of hydrogen-bond donors (Lipinski definition) is 0. The molecule has 0 aromatic carbocycles. The molecule has 4 nitrogen and oxygen atoms in total. The van der Waals surface area contributed by atoms with E-state index in [0.717, 1.165) is 25.1 Å². The van der Waals surface area contributed by atoms with Gasteiger partial charge in [-0.25, -0.2) is 4.98 Å². The summed E-state index contributed by atoms with van der Waals surface area (Å²) in [5.74, 6) is 0.950. The zero-order valence-electron chi connectivity index (χ0n) is 7.94. The fourth-order valence-corrected chi connectivity index (χ4v) is 1.53. The summed E-state index contributed by atoms with van der Waals surface area (Å²) in [7, 11) is 0. The average Bonchev–Trinajstić information content (AvgIpc) is 2.60. The monoisotopic (exact) mass is 210 g/mol. The highest BCUT2D eigenvalue weighted by Gasteiger charge is 2.07. The molecule has 0 aliphatic rings. The number of aromatic nitrogens is 4. The van der Waals surface area contributed by atoms with Crippen molar-refractivity contribution < 1.29 is 0 Å². The maximum Gasteiger partial charge on any atom is 0.198 e. The largest absolute Gasteiger partial charge is 0.282 e. The Morgan fingerprint density at radius 3 is 3.07 bits per heavy atom. The van der Waals surface area contributed by atoms with Gasteiger partial charge >= 0.3 is 0 Å².